The van der Waals surface area contributed by atoms with Crippen molar-refractivity contribution in [1.82, 2.24) is 20.0 Å². The van der Waals surface area contributed by atoms with E-state index in [0.717, 1.165) is 25.8 Å². The molecule has 1 N–H and O–H groups in total. The highest BCUT2D eigenvalue weighted by Gasteiger charge is 2.20. The Morgan fingerprint density at radius 3 is 2.52 bits per heavy atom. The molecule has 0 aliphatic rings. The zero-order chi connectivity index (χ0) is 15.6. The van der Waals surface area contributed by atoms with Gasteiger partial charge in [0.15, 0.2) is 8.68 Å². The number of aryl methyl sites for hydroxylation is 2. The zero-order valence-corrected chi connectivity index (χ0v) is 14.9. The van der Waals surface area contributed by atoms with Crippen molar-refractivity contribution in [2.24, 2.45) is 7.05 Å². The van der Waals surface area contributed by atoms with Crippen molar-refractivity contribution in [3.05, 3.63) is 11.4 Å². The lowest BCUT2D eigenvalue weighted by Crippen LogP contribution is -2.23. The number of rotatable bonds is 5. The summed E-state index contributed by atoms with van der Waals surface area (Å²) in [5, 5.41) is 15.1. The third-order valence-corrected chi connectivity index (χ3v) is 6.05. The molecule has 0 saturated carbocycles. The normalized spacial score (nSPS) is 12.4. The highest BCUT2D eigenvalue weighted by atomic mass is 32.2. The van der Waals surface area contributed by atoms with Crippen LogP contribution in [-0.2, 0) is 11.8 Å². The molecule has 0 spiro atoms. The largest absolute Gasteiger partial charge is 0.322 e. The molecule has 2 heterocycles. The molecule has 9 heteroatoms. The molecule has 0 saturated heterocycles. The molecule has 2 aromatic heterocycles. The molecule has 0 aliphatic heterocycles. The van der Waals surface area contributed by atoms with Crippen molar-refractivity contribution in [3.63, 3.8) is 0 Å². The van der Waals surface area contributed by atoms with Crippen LogP contribution in [0.3, 0.4) is 0 Å². The topological polar surface area (TPSA) is 72.7 Å². The van der Waals surface area contributed by atoms with Crippen LogP contribution in [-0.4, -0.2) is 37.4 Å². The van der Waals surface area contributed by atoms with Gasteiger partial charge in [-0.2, -0.15) is 5.10 Å². The number of carbonyl (C=O) groups excluding carboxylic acids is 1. The quantitative estimate of drug-likeness (QED) is 0.842. The second-order valence-corrected chi connectivity index (χ2v) is 8.08. The van der Waals surface area contributed by atoms with Crippen LogP contribution in [0.5, 0.6) is 0 Å². The monoisotopic (exact) mass is 343 g/mol. The van der Waals surface area contributed by atoms with Crippen molar-refractivity contribution in [3.8, 4) is 0 Å². The van der Waals surface area contributed by atoms with E-state index in [1.807, 2.05) is 34.1 Å². The number of hydrogen-bond donors (Lipinski definition) is 1. The minimum atomic E-state index is -0.244. The number of nitrogens with zero attached hydrogens (tertiary/aromatic N) is 4. The minimum Gasteiger partial charge on any atom is -0.322 e. The summed E-state index contributed by atoms with van der Waals surface area (Å²) in [4.78, 5) is 12.3. The number of anilines is 1. The van der Waals surface area contributed by atoms with Gasteiger partial charge in [0.2, 0.25) is 5.91 Å². The summed E-state index contributed by atoms with van der Waals surface area (Å²) in [5.41, 5.74) is 2.55. The van der Waals surface area contributed by atoms with Crippen LogP contribution in [0.2, 0.25) is 0 Å². The molecule has 0 bridgehead atoms. The Bertz CT molecular complexity index is 651. The van der Waals surface area contributed by atoms with E-state index in [4.69, 9.17) is 0 Å². The standard InChI is InChI=1S/C12H17N5OS3/c1-6-9(7(2)17(4)16-6)13-10(18)8(3)20-12-15-14-11(19-5)21-12/h8H,1-5H3,(H,13,18). The third kappa shape index (κ3) is 3.78. The maximum atomic E-state index is 12.3. The smallest absolute Gasteiger partial charge is 0.237 e. The van der Waals surface area contributed by atoms with Gasteiger partial charge in [0, 0.05) is 7.05 Å². The first-order valence-electron chi connectivity index (χ1n) is 6.27. The predicted octanol–water partition coefficient (Wildman–Crippen LogP) is 2.73. The highest BCUT2D eigenvalue weighted by molar-refractivity contribution is 8.03. The summed E-state index contributed by atoms with van der Waals surface area (Å²) >= 11 is 4.47. The van der Waals surface area contributed by atoms with Gasteiger partial charge in [0.05, 0.1) is 22.3 Å². The minimum absolute atomic E-state index is 0.0555. The zero-order valence-electron chi connectivity index (χ0n) is 12.5. The summed E-state index contributed by atoms with van der Waals surface area (Å²) in [6, 6.07) is 0. The summed E-state index contributed by atoms with van der Waals surface area (Å²) in [5.74, 6) is -0.0555. The first-order chi connectivity index (χ1) is 9.92. The van der Waals surface area contributed by atoms with Crippen LogP contribution in [0.4, 0.5) is 5.69 Å². The third-order valence-electron chi connectivity index (χ3n) is 2.97. The van der Waals surface area contributed by atoms with E-state index >= 15 is 0 Å². The van der Waals surface area contributed by atoms with E-state index in [2.05, 4.69) is 20.6 Å². The lowest BCUT2D eigenvalue weighted by molar-refractivity contribution is -0.115. The Morgan fingerprint density at radius 1 is 1.33 bits per heavy atom. The van der Waals surface area contributed by atoms with Gasteiger partial charge in [-0.3, -0.25) is 9.48 Å². The Kier molecular flexibility index (Phi) is 5.28. The average Bonchev–Trinajstić information content (AvgIpc) is 2.99. The van der Waals surface area contributed by atoms with Crippen molar-refractivity contribution in [1.29, 1.82) is 0 Å². The molecule has 0 aliphatic carbocycles. The van der Waals surface area contributed by atoms with Crippen LogP contribution >= 0.6 is 34.9 Å². The summed E-state index contributed by atoms with van der Waals surface area (Å²) in [6.45, 7) is 5.68. The van der Waals surface area contributed by atoms with E-state index < -0.39 is 0 Å². The van der Waals surface area contributed by atoms with Crippen molar-refractivity contribution in [2.75, 3.05) is 11.6 Å². The summed E-state index contributed by atoms with van der Waals surface area (Å²) in [7, 11) is 1.86. The number of amides is 1. The predicted molar refractivity (Wildman–Crippen MR) is 88.3 cm³/mol. The molecule has 2 rings (SSSR count). The molecule has 6 nitrogen and oxygen atoms in total. The second-order valence-electron chi connectivity index (χ2n) is 4.46. The number of nitrogens with one attached hydrogen (secondary N) is 1. The Hall–Kier alpha value is -1.06. The van der Waals surface area contributed by atoms with Crippen LogP contribution < -0.4 is 5.32 Å². The summed E-state index contributed by atoms with van der Waals surface area (Å²) in [6.07, 6.45) is 1.96. The molecule has 0 aromatic carbocycles. The van der Waals surface area contributed by atoms with Crippen molar-refractivity contribution < 1.29 is 4.79 Å². The summed E-state index contributed by atoms with van der Waals surface area (Å²) < 4.78 is 3.48. The molecule has 1 atom stereocenters. The van der Waals surface area contributed by atoms with E-state index in [1.165, 1.54) is 23.1 Å². The van der Waals surface area contributed by atoms with E-state index in [-0.39, 0.29) is 11.2 Å². The first kappa shape index (κ1) is 16.3. The van der Waals surface area contributed by atoms with Gasteiger partial charge in [0.25, 0.3) is 0 Å². The number of carbonyl (C=O) groups is 1. The number of aromatic nitrogens is 4. The molecule has 1 unspecified atom stereocenters. The van der Waals surface area contributed by atoms with Gasteiger partial charge < -0.3 is 5.32 Å². The van der Waals surface area contributed by atoms with E-state index in [0.29, 0.717) is 0 Å². The molecular weight excluding hydrogens is 326 g/mol. The maximum absolute atomic E-state index is 12.3. The van der Waals surface area contributed by atoms with Crippen LogP contribution in [0, 0.1) is 13.8 Å². The average molecular weight is 344 g/mol. The van der Waals surface area contributed by atoms with Gasteiger partial charge in [0.1, 0.15) is 0 Å². The number of thioether (sulfide) groups is 2. The van der Waals surface area contributed by atoms with Crippen LogP contribution in [0.15, 0.2) is 8.68 Å². The van der Waals surface area contributed by atoms with Crippen molar-refractivity contribution >= 4 is 46.5 Å². The molecule has 114 valence electrons. The highest BCUT2D eigenvalue weighted by Crippen LogP contribution is 2.31. The fourth-order valence-electron chi connectivity index (χ4n) is 1.71. The second kappa shape index (κ2) is 6.80. The maximum Gasteiger partial charge on any atom is 0.237 e. The lowest BCUT2D eigenvalue weighted by Gasteiger charge is -2.10. The van der Waals surface area contributed by atoms with Crippen LogP contribution in [0.1, 0.15) is 18.3 Å². The van der Waals surface area contributed by atoms with E-state index in [1.54, 1.807) is 16.4 Å². The Balaban J connectivity index is 2.02. The molecule has 21 heavy (non-hydrogen) atoms. The molecule has 1 amide bonds. The Labute approximate surface area is 136 Å². The molecule has 0 radical (unpaired) electrons. The molecule has 0 fully saturated rings. The first-order valence-corrected chi connectivity index (χ1v) is 9.19. The number of hydrogen-bond acceptors (Lipinski definition) is 7. The van der Waals surface area contributed by atoms with Gasteiger partial charge in [-0.1, -0.05) is 34.9 Å². The fraction of sp³-hybridized carbons (Fsp3) is 0.500. The molecule has 2 aromatic rings. The van der Waals surface area contributed by atoms with Gasteiger partial charge >= 0.3 is 0 Å². The van der Waals surface area contributed by atoms with Gasteiger partial charge in [-0.15, -0.1) is 10.2 Å². The van der Waals surface area contributed by atoms with Gasteiger partial charge in [-0.25, -0.2) is 0 Å². The van der Waals surface area contributed by atoms with E-state index in [9.17, 15) is 4.79 Å². The lowest BCUT2D eigenvalue weighted by atomic mass is 10.3. The van der Waals surface area contributed by atoms with Gasteiger partial charge in [-0.05, 0) is 27.0 Å². The van der Waals surface area contributed by atoms with Crippen molar-refractivity contribution in [2.45, 2.75) is 34.7 Å². The fourth-order valence-corrected chi connectivity index (χ4v) is 4.29. The van der Waals surface area contributed by atoms with Crippen LogP contribution in [0.25, 0.3) is 0 Å². The SMILES string of the molecule is CSc1nnc(SC(C)C(=O)Nc2c(C)nn(C)c2C)s1. The Morgan fingerprint density at radius 2 is 2.00 bits per heavy atom. The molecular formula is C12H17N5OS3.